The van der Waals surface area contributed by atoms with Gasteiger partial charge < -0.3 is 16.0 Å². The number of carbonyl (C=O) groups is 2. The van der Waals surface area contributed by atoms with Gasteiger partial charge in [-0.25, -0.2) is 4.98 Å². The van der Waals surface area contributed by atoms with Crippen LogP contribution in [0.3, 0.4) is 0 Å². The number of amides is 2. The fraction of sp³-hybridized carbons (Fsp3) is 0.0952. The van der Waals surface area contributed by atoms with Gasteiger partial charge in [0.2, 0.25) is 5.91 Å². The van der Waals surface area contributed by atoms with E-state index in [2.05, 4.69) is 20.9 Å². The number of benzene rings is 2. The van der Waals surface area contributed by atoms with E-state index < -0.39 is 0 Å². The third-order valence-corrected chi connectivity index (χ3v) is 3.81. The van der Waals surface area contributed by atoms with Gasteiger partial charge in [0.15, 0.2) is 0 Å². The molecule has 0 radical (unpaired) electrons. The number of pyridine rings is 1. The van der Waals surface area contributed by atoms with Gasteiger partial charge in [-0.3, -0.25) is 9.59 Å². The molecular formula is C21H20N4O2. The van der Waals surface area contributed by atoms with Gasteiger partial charge in [0.25, 0.3) is 5.91 Å². The minimum absolute atomic E-state index is 0.141. The van der Waals surface area contributed by atoms with E-state index in [1.165, 1.54) is 18.7 Å². The fourth-order valence-corrected chi connectivity index (χ4v) is 2.43. The number of nitrogens with one attached hydrogen (secondary N) is 3. The number of hydrogen-bond acceptors (Lipinski definition) is 4. The smallest absolute Gasteiger partial charge is 0.257 e. The molecule has 6 nitrogen and oxygen atoms in total. The minimum atomic E-state index is -0.253. The van der Waals surface area contributed by atoms with E-state index in [4.69, 9.17) is 0 Å². The molecule has 0 bridgehead atoms. The average molecular weight is 360 g/mol. The number of nitrogens with zero attached hydrogens (tertiary/aromatic N) is 1. The lowest BCUT2D eigenvalue weighted by molar-refractivity contribution is -0.114. The molecule has 2 aromatic carbocycles. The molecule has 3 aromatic rings. The van der Waals surface area contributed by atoms with E-state index in [9.17, 15) is 9.59 Å². The van der Waals surface area contributed by atoms with Crippen LogP contribution < -0.4 is 16.0 Å². The van der Waals surface area contributed by atoms with Gasteiger partial charge in [0.05, 0.1) is 5.56 Å². The number of aryl methyl sites for hydroxylation is 1. The molecule has 0 aliphatic carbocycles. The molecule has 27 heavy (non-hydrogen) atoms. The van der Waals surface area contributed by atoms with Crippen molar-refractivity contribution in [1.82, 2.24) is 4.98 Å². The van der Waals surface area contributed by atoms with Crippen LogP contribution in [0.25, 0.3) is 0 Å². The molecule has 2 amide bonds. The van der Waals surface area contributed by atoms with E-state index in [1.54, 1.807) is 36.4 Å². The SMILES string of the molecule is CC(=O)Nc1ccc(NC(=O)c2ccc(Nc3ccc(C)cc3)nc2)cc1. The Morgan fingerprint density at radius 2 is 1.37 bits per heavy atom. The van der Waals surface area contributed by atoms with Crippen LogP contribution >= 0.6 is 0 Å². The molecule has 0 aliphatic rings. The standard InChI is InChI=1S/C21H20N4O2/c1-14-3-6-18(7-4-14)24-20-12-5-16(13-22-20)21(27)25-19-10-8-17(9-11-19)23-15(2)26/h3-13H,1-2H3,(H,22,24)(H,23,26)(H,25,27). The normalized spacial score (nSPS) is 10.1. The molecule has 0 aliphatic heterocycles. The third-order valence-electron chi connectivity index (χ3n) is 3.81. The van der Waals surface area contributed by atoms with Crippen molar-refractivity contribution in [3.05, 3.63) is 78.0 Å². The third kappa shape index (κ3) is 5.15. The van der Waals surface area contributed by atoms with E-state index in [0.29, 0.717) is 22.8 Å². The van der Waals surface area contributed by atoms with Crippen molar-refractivity contribution >= 4 is 34.7 Å². The first-order valence-corrected chi connectivity index (χ1v) is 8.48. The van der Waals surface area contributed by atoms with Crippen LogP contribution in [0.2, 0.25) is 0 Å². The predicted octanol–water partition coefficient (Wildman–Crippen LogP) is 4.34. The first-order chi connectivity index (χ1) is 13.0. The summed E-state index contributed by atoms with van der Waals surface area (Å²) < 4.78 is 0. The molecule has 0 saturated heterocycles. The highest BCUT2D eigenvalue weighted by Gasteiger charge is 2.07. The summed E-state index contributed by atoms with van der Waals surface area (Å²) in [6, 6.07) is 18.4. The highest BCUT2D eigenvalue weighted by Crippen LogP contribution is 2.17. The zero-order valence-corrected chi connectivity index (χ0v) is 15.1. The molecule has 0 atom stereocenters. The monoisotopic (exact) mass is 360 g/mol. The van der Waals surface area contributed by atoms with E-state index >= 15 is 0 Å². The summed E-state index contributed by atoms with van der Waals surface area (Å²) in [5, 5.41) is 8.67. The Balaban J connectivity index is 1.61. The Morgan fingerprint density at radius 3 is 1.93 bits per heavy atom. The Morgan fingerprint density at radius 1 is 0.778 bits per heavy atom. The maximum absolute atomic E-state index is 12.3. The maximum Gasteiger partial charge on any atom is 0.257 e. The summed E-state index contributed by atoms with van der Waals surface area (Å²) in [6.45, 7) is 3.48. The zero-order chi connectivity index (χ0) is 19.2. The Kier molecular flexibility index (Phi) is 5.47. The lowest BCUT2D eigenvalue weighted by atomic mass is 10.2. The Labute approximate surface area is 157 Å². The Hall–Kier alpha value is -3.67. The quantitative estimate of drug-likeness (QED) is 0.632. The van der Waals surface area contributed by atoms with Crippen molar-refractivity contribution in [1.29, 1.82) is 0 Å². The van der Waals surface area contributed by atoms with Crippen LogP contribution in [-0.4, -0.2) is 16.8 Å². The second-order valence-electron chi connectivity index (χ2n) is 6.14. The molecule has 1 aromatic heterocycles. The maximum atomic E-state index is 12.3. The summed E-state index contributed by atoms with van der Waals surface area (Å²) in [5.41, 5.74) is 3.88. The van der Waals surface area contributed by atoms with Crippen LogP contribution in [0.5, 0.6) is 0 Å². The summed E-state index contributed by atoms with van der Waals surface area (Å²) in [7, 11) is 0. The van der Waals surface area contributed by atoms with Gasteiger partial charge in [0.1, 0.15) is 5.82 Å². The van der Waals surface area contributed by atoms with Crippen molar-refractivity contribution in [3.63, 3.8) is 0 Å². The molecule has 0 fully saturated rings. The van der Waals surface area contributed by atoms with Gasteiger partial charge in [-0.15, -0.1) is 0 Å². The first kappa shape index (κ1) is 18.1. The topological polar surface area (TPSA) is 83.1 Å². The van der Waals surface area contributed by atoms with Crippen LogP contribution in [0.1, 0.15) is 22.8 Å². The Bertz CT molecular complexity index is 933. The average Bonchev–Trinajstić information content (AvgIpc) is 2.65. The van der Waals surface area contributed by atoms with Gasteiger partial charge in [-0.2, -0.15) is 0 Å². The summed E-state index contributed by atoms with van der Waals surface area (Å²) in [4.78, 5) is 27.7. The minimum Gasteiger partial charge on any atom is -0.340 e. The zero-order valence-electron chi connectivity index (χ0n) is 15.1. The number of carbonyl (C=O) groups excluding carboxylic acids is 2. The molecule has 0 saturated carbocycles. The fourth-order valence-electron chi connectivity index (χ4n) is 2.43. The molecule has 6 heteroatoms. The molecule has 0 unspecified atom stereocenters. The molecular weight excluding hydrogens is 340 g/mol. The largest absolute Gasteiger partial charge is 0.340 e. The molecule has 3 rings (SSSR count). The lowest BCUT2D eigenvalue weighted by Gasteiger charge is -2.08. The number of hydrogen-bond donors (Lipinski definition) is 3. The summed E-state index contributed by atoms with van der Waals surface area (Å²) in [5.74, 6) is 0.268. The van der Waals surface area contributed by atoms with E-state index in [-0.39, 0.29) is 11.8 Å². The second-order valence-corrected chi connectivity index (χ2v) is 6.14. The highest BCUT2D eigenvalue weighted by molar-refractivity contribution is 6.04. The predicted molar refractivity (Wildman–Crippen MR) is 107 cm³/mol. The van der Waals surface area contributed by atoms with Crippen LogP contribution in [-0.2, 0) is 4.79 Å². The van der Waals surface area contributed by atoms with Crippen LogP contribution in [0.15, 0.2) is 66.9 Å². The molecule has 136 valence electrons. The van der Waals surface area contributed by atoms with E-state index in [0.717, 1.165) is 5.69 Å². The van der Waals surface area contributed by atoms with Crippen molar-refractivity contribution in [3.8, 4) is 0 Å². The number of aromatic nitrogens is 1. The lowest BCUT2D eigenvalue weighted by Crippen LogP contribution is -2.12. The first-order valence-electron chi connectivity index (χ1n) is 8.48. The number of anilines is 4. The van der Waals surface area contributed by atoms with Gasteiger partial charge >= 0.3 is 0 Å². The van der Waals surface area contributed by atoms with E-state index in [1.807, 2.05) is 31.2 Å². The van der Waals surface area contributed by atoms with Crippen molar-refractivity contribution in [2.24, 2.45) is 0 Å². The van der Waals surface area contributed by atoms with Crippen LogP contribution in [0, 0.1) is 6.92 Å². The molecule has 3 N–H and O–H groups in total. The van der Waals surface area contributed by atoms with Crippen molar-refractivity contribution in [2.45, 2.75) is 13.8 Å². The summed E-state index contributed by atoms with van der Waals surface area (Å²) >= 11 is 0. The van der Waals surface area contributed by atoms with Crippen molar-refractivity contribution < 1.29 is 9.59 Å². The second kappa shape index (κ2) is 8.14. The van der Waals surface area contributed by atoms with Gasteiger partial charge in [-0.1, -0.05) is 17.7 Å². The van der Waals surface area contributed by atoms with Gasteiger partial charge in [0, 0.05) is 30.2 Å². The van der Waals surface area contributed by atoms with Crippen LogP contribution in [0.4, 0.5) is 22.9 Å². The number of rotatable bonds is 5. The highest BCUT2D eigenvalue weighted by atomic mass is 16.2. The summed E-state index contributed by atoms with van der Waals surface area (Å²) in [6.07, 6.45) is 1.53. The van der Waals surface area contributed by atoms with Gasteiger partial charge in [-0.05, 0) is 55.5 Å². The van der Waals surface area contributed by atoms with Crippen molar-refractivity contribution in [2.75, 3.05) is 16.0 Å². The molecule has 0 spiro atoms. The molecule has 1 heterocycles.